The van der Waals surface area contributed by atoms with Crippen LogP contribution in [0.15, 0.2) is 35.7 Å². The monoisotopic (exact) mass is 360 g/mol. The molecule has 3 aliphatic rings. The maximum atomic E-state index is 12.8. The van der Waals surface area contributed by atoms with E-state index in [4.69, 9.17) is 9.47 Å². The zero-order chi connectivity index (χ0) is 17.7. The second-order valence-corrected chi connectivity index (χ2v) is 7.08. The summed E-state index contributed by atoms with van der Waals surface area (Å²) in [6.07, 6.45) is -0.692. The summed E-state index contributed by atoms with van der Waals surface area (Å²) in [5.41, 5.74) is 1.79. The molecule has 7 nitrogen and oxygen atoms in total. The lowest BCUT2D eigenvalue weighted by molar-refractivity contribution is -0.168. The largest absolute Gasteiger partial charge is 0.417 e. The number of carbonyl (C=O) groups is 3. The second kappa shape index (κ2) is 5.80. The van der Waals surface area contributed by atoms with Gasteiger partial charge in [-0.2, -0.15) is 0 Å². The molecule has 1 aromatic rings. The number of fused-ring (bicyclic) bond motifs is 2. The molecule has 2 atom stereocenters. The molecule has 0 bridgehead atoms. The number of hydrogen-bond acceptors (Lipinski definition) is 7. The van der Waals surface area contributed by atoms with E-state index in [-0.39, 0.29) is 17.0 Å². The highest BCUT2D eigenvalue weighted by molar-refractivity contribution is 7.97. The first-order valence-corrected chi connectivity index (χ1v) is 8.83. The minimum Gasteiger partial charge on any atom is -0.417 e. The van der Waals surface area contributed by atoms with Crippen molar-refractivity contribution in [2.45, 2.75) is 31.9 Å². The van der Waals surface area contributed by atoms with Crippen LogP contribution in [0.25, 0.3) is 0 Å². The van der Waals surface area contributed by atoms with Gasteiger partial charge >= 0.3 is 11.9 Å². The van der Waals surface area contributed by atoms with Gasteiger partial charge in [0.05, 0.1) is 17.7 Å². The highest BCUT2D eigenvalue weighted by Crippen LogP contribution is 2.43. The maximum Gasteiger partial charge on any atom is 0.360 e. The lowest BCUT2D eigenvalue weighted by Crippen LogP contribution is -2.56. The number of amides is 1. The quantitative estimate of drug-likeness (QED) is 0.464. The Morgan fingerprint density at radius 1 is 1.36 bits per heavy atom. The Morgan fingerprint density at radius 2 is 2.12 bits per heavy atom. The van der Waals surface area contributed by atoms with Crippen LogP contribution in [0.4, 0.5) is 0 Å². The molecule has 3 heterocycles. The summed E-state index contributed by atoms with van der Waals surface area (Å²) < 4.78 is 12.6. The summed E-state index contributed by atoms with van der Waals surface area (Å²) in [5.74, 6) is -1.29. The molecular formula is C17H16N2O5S. The summed E-state index contributed by atoms with van der Waals surface area (Å²) in [6.45, 7) is 4.46. The van der Waals surface area contributed by atoms with Crippen molar-refractivity contribution >= 4 is 29.8 Å². The van der Waals surface area contributed by atoms with E-state index < -0.39 is 18.2 Å². The van der Waals surface area contributed by atoms with Gasteiger partial charge in [-0.3, -0.25) is 9.69 Å². The summed E-state index contributed by atoms with van der Waals surface area (Å²) in [6, 6.07) is 6.78. The topological polar surface area (TPSA) is 76.2 Å². The van der Waals surface area contributed by atoms with Gasteiger partial charge in [-0.25, -0.2) is 9.59 Å². The molecule has 0 saturated carbocycles. The van der Waals surface area contributed by atoms with Crippen molar-refractivity contribution in [3.63, 3.8) is 0 Å². The molecule has 25 heavy (non-hydrogen) atoms. The number of benzene rings is 1. The Bertz CT molecular complexity index is 821. The lowest BCUT2D eigenvalue weighted by atomic mass is 10.1. The smallest absolute Gasteiger partial charge is 0.360 e. The second-order valence-electron chi connectivity index (χ2n) is 5.89. The predicted octanol–water partition coefficient (Wildman–Crippen LogP) is 2.17. The van der Waals surface area contributed by atoms with Gasteiger partial charge in [0.15, 0.2) is 5.70 Å². The van der Waals surface area contributed by atoms with Gasteiger partial charge in [-0.05, 0) is 31.9 Å². The predicted molar refractivity (Wildman–Crippen MR) is 88.6 cm³/mol. The van der Waals surface area contributed by atoms with Crippen molar-refractivity contribution in [1.82, 2.24) is 9.21 Å². The molecule has 0 aromatic heterocycles. The van der Waals surface area contributed by atoms with E-state index in [1.807, 2.05) is 11.2 Å². The normalized spacial score (nSPS) is 24.6. The first-order chi connectivity index (χ1) is 12.0. The molecule has 1 saturated heterocycles. The Hall–Kier alpha value is -2.48. The van der Waals surface area contributed by atoms with Crippen molar-refractivity contribution in [3.8, 4) is 0 Å². The summed E-state index contributed by atoms with van der Waals surface area (Å²) in [7, 11) is 0. The number of nitrogens with zero attached hydrogens (tertiary/aromatic N) is 2. The van der Waals surface area contributed by atoms with Crippen LogP contribution in [0.2, 0.25) is 0 Å². The fourth-order valence-electron chi connectivity index (χ4n) is 3.17. The molecule has 0 N–H and O–H groups in total. The Morgan fingerprint density at radius 3 is 2.84 bits per heavy atom. The van der Waals surface area contributed by atoms with Gasteiger partial charge in [0, 0.05) is 12.1 Å². The van der Waals surface area contributed by atoms with Crippen LogP contribution in [0, 0.1) is 0 Å². The number of β-lactam (4-membered cyclic amide) rings is 1. The summed E-state index contributed by atoms with van der Waals surface area (Å²) >= 11 is 1.53. The van der Waals surface area contributed by atoms with Gasteiger partial charge in [0.1, 0.15) is 5.37 Å². The maximum absolute atomic E-state index is 12.8. The zero-order valence-corrected chi connectivity index (χ0v) is 14.5. The standard InChI is InChI=1S/C17H16N2O5S/c1-3-18-9(2)14(19-12(20)8-13(19)25-18)16(22)24-17-11-7-5-4-6-10(11)15(21)23-17/h4-7,13,17H,3,8H2,1-2H3/t13-,17?/m0/s1. The van der Waals surface area contributed by atoms with Crippen LogP contribution in [0.5, 0.6) is 0 Å². The number of rotatable bonds is 3. The minimum absolute atomic E-state index is 0.0860. The first kappa shape index (κ1) is 16.0. The Labute approximate surface area is 148 Å². The molecule has 130 valence electrons. The molecular weight excluding hydrogens is 344 g/mol. The Kier molecular flexibility index (Phi) is 3.72. The van der Waals surface area contributed by atoms with Gasteiger partial charge in [-0.1, -0.05) is 18.2 Å². The van der Waals surface area contributed by atoms with Gasteiger partial charge < -0.3 is 13.8 Å². The Balaban J connectivity index is 1.62. The van der Waals surface area contributed by atoms with Crippen molar-refractivity contribution in [2.24, 2.45) is 0 Å². The number of ether oxygens (including phenoxy) is 2. The molecule has 0 radical (unpaired) electrons. The fourth-order valence-corrected chi connectivity index (χ4v) is 4.39. The van der Waals surface area contributed by atoms with Crippen LogP contribution >= 0.6 is 11.9 Å². The molecule has 0 spiro atoms. The van der Waals surface area contributed by atoms with E-state index in [1.165, 1.54) is 16.8 Å². The minimum atomic E-state index is -1.09. The third-order valence-corrected chi connectivity index (χ3v) is 5.86. The van der Waals surface area contributed by atoms with Gasteiger partial charge in [0.2, 0.25) is 5.91 Å². The van der Waals surface area contributed by atoms with E-state index in [0.29, 0.717) is 29.8 Å². The number of cyclic esters (lactones) is 1. The molecule has 4 rings (SSSR count). The summed E-state index contributed by atoms with van der Waals surface area (Å²) in [4.78, 5) is 38.1. The number of allylic oxidation sites excluding steroid dienone is 1. The number of esters is 2. The fraction of sp³-hybridized carbons (Fsp3) is 0.353. The van der Waals surface area contributed by atoms with Gasteiger partial charge in [0.25, 0.3) is 6.29 Å². The van der Waals surface area contributed by atoms with Crippen molar-refractivity contribution in [1.29, 1.82) is 0 Å². The van der Waals surface area contributed by atoms with Crippen molar-refractivity contribution < 1.29 is 23.9 Å². The van der Waals surface area contributed by atoms with E-state index in [2.05, 4.69) is 0 Å². The number of hydrogen-bond donors (Lipinski definition) is 0. The third kappa shape index (κ3) is 2.39. The van der Waals surface area contributed by atoms with Crippen LogP contribution in [-0.4, -0.2) is 39.0 Å². The highest BCUT2D eigenvalue weighted by Gasteiger charge is 2.48. The third-order valence-electron chi connectivity index (χ3n) is 4.46. The SMILES string of the molecule is CCN1S[C@H]2CC(=O)N2C(C(=O)OC2OC(=O)c3ccccc32)=C1C. The van der Waals surface area contributed by atoms with Crippen LogP contribution in [0.3, 0.4) is 0 Å². The van der Waals surface area contributed by atoms with E-state index in [1.54, 1.807) is 31.2 Å². The number of carbonyl (C=O) groups excluding carboxylic acids is 3. The van der Waals surface area contributed by atoms with Crippen LogP contribution in [0.1, 0.15) is 42.5 Å². The highest BCUT2D eigenvalue weighted by atomic mass is 32.2. The van der Waals surface area contributed by atoms with E-state index >= 15 is 0 Å². The molecule has 1 amide bonds. The molecule has 0 aliphatic carbocycles. The summed E-state index contributed by atoms with van der Waals surface area (Å²) in [5, 5.41) is -0.0860. The van der Waals surface area contributed by atoms with Crippen LogP contribution < -0.4 is 0 Å². The van der Waals surface area contributed by atoms with Crippen molar-refractivity contribution in [3.05, 3.63) is 46.8 Å². The molecule has 1 unspecified atom stereocenters. The first-order valence-electron chi connectivity index (χ1n) is 7.99. The molecule has 1 aromatic carbocycles. The molecule has 3 aliphatic heterocycles. The molecule has 8 heteroatoms. The van der Waals surface area contributed by atoms with Gasteiger partial charge in [-0.15, -0.1) is 0 Å². The lowest BCUT2D eigenvalue weighted by Gasteiger charge is -2.47. The molecule has 1 fully saturated rings. The van der Waals surface area contributed by atoms with E-state index in [0.717, 1.165) is 0 Å². The average Bonchev–Trinajstić information content (AvgIpc) is 2.91. The van der Waals surface area contributed by atoms with Crippen molar-refractivity contribution in [2.75, 3.05) is 6.54 Å². The average molecular weight is 360 g/mol. The van der Waals surface area contributed by atoms with Crippen LogP contribution in [-0.2, 0) is 19.1 Å². The van der Waals surface area contributed by atoms with E-state index in [9.17, 15) is 14.4 Å². The zero-order valence-electron chi connectivity index (χ0n) is 13.7.